The topological polar surface area (TPSA) is 88.1 Å². The number of carbonyl (C=O) groups is 1. The number of hydrogen-bond acceptors (Lipinski definition) is 4. The summed E-state index contributed by atoms with van der Waals surface area (Å²) in [6.45, 7) is 1.65. The molecule has 0 aromatic heterocycles. The van der Waals surface area contributed by atoms with Gasteiger partial charge in [-0.05, 0) is 6.42 Å². The maximum Gasteiger partial charge on any atom is 0.320 e. The minimum absolute atomic E-state index is 0.0294. The summed E-state index contributed by atoms with van der Waals surface area (Å²) in [5.41, 5.74) is 0. The second-order valence-corrected chi connectivity index (χ2v) is 2.48. The fourth-order valence-electron chi connectivity index (χ4n) is 1.05. The van der Waals surface area contributed by atoms with Crippen molar-refractivity contribution in [3.63, 3.8) is 0 Å². The van der Waals surface area contributed by atoms with E-state index in [0.717, 1.165) is 0 Å². The van der Waals surface area contributed by atoms with Crippen LogP contribution in [0.2, 0.25) is 0 Å². The third-order valence-electron chi connectivity index (χ3n) is 1.66. The number of nitrogens with zero attached hydrogens (tertiary/aromatic N) is 3. The van der Waals surface area contributed by atoms with Crippen molar-refractivity contribution in [2.75, 3.05) is 13.1 Å². The van der Waals surface area contributed by atoms with Gasteiger partial charge in [0.05, 0.1) is 25.2 Å². The van der Waals surface area contributed by atoms with Gasteiger partial charge in [-0.2, -0.15) is 10.5 Å². The molecule has 0 aliphatic rings. The molecule has 0 radical (unpaired) electrons. The van der Waals surface area contributed by atoms with Crippen LogP contribution in [0.1, 0.15) is 13.3 Å². The molecule has 1 atom stereocenters. The average molecular weight is 181 g/mol. The van der Waals surface area contributed by atoms with E-state index in [9.17, 15) is 4.79 Å². The van der Waals surface area contributed by atoms with Crippen LogP contribution in [0.15, 0.2) is 0 Å². The Morgan fingerprint density at radius 1 is 1.46 bits per heavy atom. The van der Waals surface area contributed by atoms with Crippen LogP contribution in [-0.4, -0.2) is 35.1 Å². The summed E-state index contributed by atoms with van der Waals surface area (Å²) in [6.07, 6.45) is 0.388. The molecule has 0 saturated carbocycles. The van der Waals surface area contributed by atoms with Crippen molar-refractivity contribution in [3.05, 3.63) is 0 Å². The molecule has 5 nitrogen and oxygen atoms in total. The number of hydrogen-bond donors (Lipinski definition) is 1. The van der Waals surface area contributed by atoms with Crippen molar-refractivity contribution in [1.82, 2.24) is 4.90 Å². The zero-order chi connectivity index (χ0) is 10.3. The Labute approximate surface area is 76.8 Å². The van der Waals surface area contributed by atoms with Gasteiger partial charge in [-0.1, -0.05) is 6.92 Å². The molecule has 0 aliphatic heterocycles. The van der Waals surface area contributed by atoms with Crippen molar-refractivity contribution in [3.8, 4) is 12.1 Å². The summed E-state index contributed by atoms with van der Waals surface area (Å²) in [4.78, 5) is 12.0. The first-order valence-corrected chi connectivity index (χ1v) is 3.88. The molecule has 1 N–H and O–H groups in total. The minimum Gasteiger partial charge on any atom is -0.480 e. The summed E-state index contributed by atoms with van der Waals surface area (Å²) in [5, 5.41) is 25.5. The lowest BCUT2D eigenvalue weighted by Crippen LogP contribution is -2.41. The van der Waals surface area contributed by atoms with Crippen molar-refractivity contribution in [2.24, 2.45) is 0 Å². The number of rotatable bonds is 5. The highest BCUT2D eigenvalue weighted by Gasteiger charge is 2.22. The van der Waals surface area contributed by atoms with E-state index in [2.05, 4.69) is 0 Å². The highest BCUT2D eigenvalue weighted by Crippen LogP contribution is 2.03. The molecule has 13 heavy (non-hydrogen) atoms. The van der Waals surface area contributed by atoms with E-state index in [1.54, 1.807) is 6.92 Å². The van der Waals surface area contributed by atoms with Gasteiger partial charge < -0.3 is 5.11 Å². The minimum atomic E-state index is -0.993. The fourth-order valence-corrected chi connectivity index (χ4v) is 1.05. The maximum absolute atomic E-state index is 10.7. The number of aliphatic carboxylic acids is 1. The van der Waals surface area contributed by atoms with Crippen LogP contribution in [0.5, 0.6) is 0 Å². The quantitative estimate of drug-likeness (QED) is 0.612. The van der Waals surface area contributed by atoms with Crippen LogP contribution >= 0.6 is 0 Å². The SMILES string of the molecule is CCC(C(=O)O)N(CC#N)CC#N. The number of carboxylic acid groups (broad SMARTS) is 1. The van der Waals surface area contributed by atoms with Crippen molar-refractivity contribution >= 4 is 5.97 Å². The summed E-state index contributed by atoms with van der Waals surface area (Å²) in [6, 6.07) is 2.93. The first-order valence-electron chi connectivity index (χ1n) is 3.88. The van der Waals surface area contributed by atoms with Crippen molar-refractivity contribution in [2.45, 2.75) is 19.4 Å². The highest BCUT2D eigenvalue weighted by atomic mass is 16.4. The van der Waals surface area contributed by atoms with Gasteiger partial charge >= 0.3 is 5.97 Å². The molecule has 0 aliphatic carbocycles. The van der Waals surface area contributed by atoms with Gasteiger partial charge in [0.1, 0.15) is 6.04 Å². The van der Waals surface area contributed by atoms with Gasteiger partial charge in [0.2, 0.25) is 0 Å². The van der Waals surface area contributed by atoms with Gasteiger partial charge in [0.25, 0.3) is 0 Å². The summed E-state index contributed by atoms with van der Waals surface area (Å²) in [7, 11) is 0. The van der Waals surface area contributed by atoms with E-state index in [0.29, 0.717) is 6.42 Å². The van der Waals surface area contributed by atoms with Crippen molar-refractivity contribution in [1.29, 1.82) is 10.5 Å². The molecule has 5 heteroatoms. The van der Waals surface area contributed by atoms with Gasteiger partial charge in [-0.3, -0.25) is 9.69 Å². The summed E-state index contributed by atoms with van der Waals surface area (Å²) < 4.78 is 0. The van der Waals surface area contributed by atoms with Crippen molar-refractivity contribution < 1.29 is 9.90 Å². The molecule has 1 unspecified atom stereocenters. The Balaban J connectivity index is 4.41. The first kappa shape index (κ1) is 11.4. The molecule has 70 valence electrons. The Bertz CT molecular complexity index is 235. The Morgan fingerprint density at radius 2 is 1.92 bits per heavy atom. The molecule has 0 amide bonds. The lowest BCUT2D eigenvalue weighted by molar-refractivity contribution is -0.142. The van der Waals surface area contributed by atoms with E-state index in [4.69, 9.17) is 15.6 Å². The monoisotopic (exact) mass is 181 g/mol. The second-order valence-electron chi connectivity index (χ2n) is 2.48. The smallest absolute Gasteiger partial charge is 0.320 e. The molecule has 0 spiro atoms. The summed E-state index contributed by atoms with van der Waals surface area (Å²) in [5.74, 6) is -0.993. The van der Waals surface area contributed by atoms with Gasteiger partial charge in [0.15, 0.2) is 0 Å². The predicted molar refractivity (Wildman–Crippen MR) is 44.5 cm³/mol. The Morgan fingerprint density at radius 3 is 2.15 bits per heavy atom. The normalized spacial score (nSPS) is 11.7. The molecule has 0 aromatic carbocycles. The predicted octanol–water partition coefficient (Wildman–Crippen LogP) is 0.199. The molecule has 0 saturated heterocycles. The van der Waals surface area contributed by atoms with Gasteiger partial charge in [-0.25, -0.2) is 0 Å². The highest BCUT2D eigenvalue weighted by molar-refractivity contribution is 5.73. The van der Waals surface area contributed by atoms with Crippen LogP contribution in [-0.2, 0) is 4.79 Å². The summed E-state index contributed by atoms with van der Waals surface area (Å²) >= 11 is 0. The van der Waals surface area contributed by atoms with Gasteiger partial charge in [-0.15, -0.1) is 0 Å². The third kappa shape index (κ3) is 3.55. The molecule has 0 aromatic rings. The van der Waals surface area contributed by atoms with E-state index in [-0.39, 0.29) is 13.1 Å². The Kier molecular flexibility index (Phi) is 5.25. The fraction of sp³-hybridized carbons (Fsp3) is 0.625. The van der Waals surface area contributed by atoms with E-state index in [1.807, 2.05) is 12.1 Å². The number of nitriles is 2. The van der Waals surface area contributed by atoms with Crippen LogP contribution in [0, 0.1) is 22.7 Å². The molecule has 0 heterocycles. The molecule has 0 bridgehead atoms. The third-order valence-corrected chi connectivity index (χ3v) is 1.66. The van der Waals surface area contributed by atoms with E-state index in [1.165, 1.54) is 4.90 Å². The molecular formula is C8H11N3O2. The van der Waals surface area contributed by atoms with Crippen LogP contribution in [0.25, 0.3) is 0 Å². The van der Waals surface area contributed by atoms with E-state index < -0.39 is 12.0 Å². The molecule has 0 rings (SSSR count). The van der Waals surface area contributed by atoms with Crippen LogP contribution in [0.4, 0.5) is 0 Å². The second kappa shape index (κ2) is 5.99. The maximum atomic E-state index is 10.7. The lowest BCUT2D eigenvalue weighted by Gasteiger charge is -2.22. The first-order chi connectivity index (χ1) is 6.17. The van der Waals surface area contributed by atoms with Crippen LogP contribution in [0.3, 0.4) is 0 Å². The molecule has 0 fully saturated rings. The zero-order valence-electron chi connectivity index (χ0n) is 7.40. The van der Waals surface area contributed by atoms with E-state index >= 15 is 0 Å². The average Bonchev–Trinajstić information content (AvgIpc) is 2.05. The number of carboxylic acids is 1. The molecular weight excluding hydrogens is 170 g/mol. The van der Waals surface area contributed by atoms with Gasteiger partial charge in [0, 0.05) is 0 Å². The lowest BCUT2D eigenvalue weighted by atomic mass is 10.2. The van der Waals surface area contributed by atoms with Crippen LogP contribution < -0.4 is 0 Å². The largest absolute Gasteiger partial charge is 0.480 e. The standard InChI is InChI=1S/C8H11N3O2/c1-2-7(8(12)13)11(5-3-9)6-4-10/h7H,2,5-6H2,1H3,(H,12,13). The zero-order valence-corrected chi connectivity index (χ0v) is 7.40. The Hall–Kier alpha value is -1.59.